The first-order valence-corrected chi connectivity index (χ1v) is 8.01. The third-order valence-electron chi connectivity index (χ3n) is 3.40. The van der Waals surface area contributed by atoms with Crippen LogP contribution >= 0.6 is 11.3 Å². The lowest BCUT2D eigenvalue weighted by Crippen LogP contribution is -2.38. The summed E-state index contributed by atoms with van der Waals surface area (Å²) >= 11 is 1.75. The van der Waals surface area contributed by atoms with E-state index in [1.807, 2.05) is 24.4 Å². The zero-order chi connectivity index (χ0) is 14.5. The number of benzene rings is 1. The normalized spacial score (nSPS) is 19.0. The molecule has 2 heterocycles. The zero-order valence-electron chi connectivity index (χ0n) is 12.2. The number of rotatable bonds is 5. The summed E-state index contributed by atoms with van der Waals surface area (Å²) in [5.74, 6) is 0. The van der Waals surface area contributed by atoms with Crippen molar-refractivity contribution in [2.75, 3.05) is 33.4 Å². The first kappa shape index (κ1) is 14.7. The molecule has 0 unspecified atom stereocenters. The Labute approximate surface area is 129 Å². The number of nitrogens with zero attached hydrogens (tertiary/aromatic N) is 2. The van der Waals surface area contributed by atoms with Crippen molar-refractivity contribution < 1.29 is 9.47 Å². The van der Waals surface area contributed by atoms with Gasteiger partial charge in [0, 0.05) is 29.7 Å². The predicted octanol–water partition coefficient (Wildman–Crippen LogP) is 2.66. The highest BCUT2D eigenvalue weighted by molar-refractivity contribution is 7.15. The van der Waals surface area contributed by atoms with Crippen LogP contribution in [0.3, 0.4) is 0 Å². The molecule has 112 valence electrons. The minimum Gasteiger partial charge on any atom is -0.376 e. The van der Waals surface area contributed by atoms with E-state index in [0.29, 0.717) is 13.2 Å². The van der Waals surface area contributed by atoms with Gasteiger partial charge in [-0.25, -0.2) is 4.98 Å². The molecule has 0 saturated carbocycles. The lowest BCUT2D eigenvalue weighted by Gasteiger charge is -2.27. The first-order valence-electron chi connectivity index (χ1n) is 7.19. The molecule has 0 aliphatic carbocycles. The number of likely N-dealkylation sites (N-methyl/N-ethyl adjacent to an activating group) is 1. The van der Waals surface area contributed by atoms with E-state index in [9.17, 15) is 0 Å². The topological polar surface area (TPSA) is 34.6 Å². The van der Waals surface area contributed by atoms with Crippen LogP contribution in [-0.2, 0) is 16.0 Å². The molecule has 1 aromatic carbocycles. The number of hydrogen-bond donors (Lipinski definition) is 0. The highest BCUT2D eigenvalue weighted by Crippen LogP contribution is 2.25. The molecule has 1 aliphatic heterocycles. The molecule has 0 N–H and O–H groups in total. The fourth-order valence-electron chi connectivity index (χ4n) is 2.42. The fourth-order valence-corrected chi connectivity index (χ4v) is 3.41. The summed E-state index contributed by atoms with van der Waals surface area (Å²) in [5.41, 5.74) is 1.18. The van der Waals surface area contributed by atoms with Gasteiger partial charge in [0.2, 0.25) is 0 Å². The molecule has 0 amide bonds. The number of hydrogen-bond acceptors (Lipinski definition) is 5. The number of thiazole rings is 1. The van der Waals surface area contributed by atoms with Gasteiger partial charge in [0.1, 0.15) is 5.01 Å². The van der Waals surface area contributed by atoms with Crippen LogP contribution in [0.1, 0.15) is 4.88 Å². The van der Waals surface area contributed by atoms with Gasteiger partial charge in [0.15, 0.2) is 0 Å². The molecule has 1 fully saturated rings. The van der Waals surface area contributed by atoms with Crippen molar-refractivity contribution in [3.05, 3.63) is 41.4 Å². The average molecular weight is 304 g/mol. The van der Waals surface area contributed by atoms with E-state index in [4.69, 9.17) is 9.47 Å². The molecule has 4 nitrogen and oxygen atoms in total. The molecule has 3 rings (SSSR count). The van der Waals surface area contributed by atoms with Crippen molar-refractivity contribution in [2.24, 2.45) is 0 Å². The molecule has 1 saturated heterocycles. The Kier molecular flexibility index (Phi) is 4.98. The minimum absolute atomic E-state index is 0.185. The fraction of sp³-hybridized carbons (Fsp3) is 0.438. The van der Waals surface area contributed by atoms with Gasteiger partial charge < -0.3 is 9.47 Å². The summed E-state index contributed by atoms with van der Waals surface area (Å²) in [6, 6.07) is 10.3. The summed E-state index contributed by atoms with van der Waals surface area (Å²) in [6.45, 7) is 3.90. The lowest BCUT2D eigenvalue weighted by molar-refractivity contribution is -0.0962. The van der Waals surface area contributed by atoms with Crippen LogP contribution in [0.25, 0.3) is 10.6 Å². The third kappa shape index (κ3) is 4.11. The van der Waals surface area contributed by atoms with Crippen LogP contribution in [0.5, 0.6) is 0 Å². The van der Waals surface area contributed by atoms with Crippen LogP contribution in [0.4, 0.5) is 0 Å². The van der Waals surface area contributed by atoms with Gasteiger partial charge in [-0.2, -0.15) is 0 Å². The second kappa shape index (κ2) is 7.13. The smallest absolute Gasteiger partial charge is 0.123 e. The van der Waals surface area contributed by atoms with Gasteiger partial charge in [-0.3, -0.25) is 4.90 Å². The standard InChI is InChI=1S/C16H20N2O2S/c1-18(10-14-12-19-7-8-20-14)11-15-9-17-16(21-15)13-5-3-2-4-6-13/h2-6,9,14H,7-8,10-12H2,1H3/t14-/m0/s1. The van der Waals surface area contributed by atoms with Crippen LogP contribution in [0.15, 0.2) is 36.5 Å². The molecule has 0 bridgehead atoms. The minimum atomic E-state index is 0.185. The summed E-state index contributed by atoms with van der Waals surface area (Å²) in [4.78, 5) is 8.06. The van der Waals surface area contributed by atoms with Crippen molar-refractivity contribution in [3.63, 3.8) is 0 Å². The molecule has 2 aromatic rings. The summed E-state index contributed by atoms with van der Waals surface area (Å²) in [5, 5.41) is 1.08. The maximum atomic E-state index is 5.68. The zero-order valence-corrected chi connectivity index (χ0v) is 13.0. The van der Waals surface area contributed by atoms with Crippen molar-refractivity contribution in [1.82, 2.24) is 9.88 Å². The maximum absolute atomic E-state index is 5.68. The monoisotopic (exact) mass is 304 g/mol. The molecule has 1 atom stereocenters. The predicted molar refractivity (Wildman–Crippen MR) is 84.4 cm³/mol. The van der Waals surface area contributed by atoms with E-state index < -0.39 is 0 Å². The Morgan fingerprint density at radius 1 is 1.29 bits per heavy atom. The van der Waals surface area contributed by atoms with E-state index in [1.54, 1.807) is 11.3 Å². The summed E-state index contributed by atoms with van der Waals surface area (Å²) in [7, 11) is 2.11. The first-order chi connectivity index (χ1) is 10.3. The van der Waals surface area contributed by atoms with Gasteiger partial charge in [-0.1, -0.05) is 30.3 Å². The van der Waals surface area contributed by atoms with Crippen molar-refractivity contribution in [1.29, 1.82) is 0 Å². The van der Waals surface area contributed by atoms with Crippen molar-refractivity contribution in [2.45, 2.75) is 12.6 Å². The Hall–Kier alpha value is -1.27. The van der Waals surface area contributed by atoms with Crippen LogP contribution < -0.4 is 0 Å². The van der Waals surface area contributed by atoms with Crippen molar-refractivity contribution >= 4 is 11.3 Å². The summed E-state index contributed by atoms with van der Waals surface area (Å²) in [6.07, 6.45) is 2.16. The van der Waals surface area contributed by atoms with E-state index in [-0.39, 0.29) is 6.10 Å². The average Bonchev–Trinajstić information content (AvgIpc) is 2.97. The Morgan fingerprint density at radius 2 is 2.14 bits per heavy atom. The Balaban J connectivity index is 1.56. The highest BCUT2D eigenvalue weighted by Gasteiger charge is 2.17. The van der Waals surface area contributed by atoms with E-state index >= 15 is 0 Å². The quantitative estimate of drug-likeness (QED) is 0.850. The molecular formula is C16H20N2O2S. The molecule has 1 aliphatic rings. The second-order valence-corrected chi connectivity index (χ2v) is 6.38. The van der Waals surface area contributed by atoms with E-state index in [1.165, 1.54) is 10.4 Å². The van der Waals surface area contributed by atoms with E-state index in [0.717, 1.165) is 24.7 Å². The van der Waals surface area contributed by atoms with Gasteiger partial charge in [-0.05, 0) is 7.05 Å². The van der Waals surface area contributed by atoms with Crippen molar-refractivity contribution in [3.8, 4) is 10.6 Å². The SMILES string of the molecule is CN(Cc1cnc(-c2ccccc2)s1)C[C@H]1COCCO1. The van der Waals surface area contributed by atoms with Crippen LogP contribution in [0, 0.1) is 0 Å². The molecule has 1 aromatic heterocycles. The van der Waals surface area contributed by atoms with Gasteiger partial charge in [0.25, 0.3) is 0 Å². The number of ether oxygens (including phenoxy) is 2. The Bertz CT molecular complexity index is 552. The molecular weight excluding hydrogens is 284 g/mol. The van der Waals surface area contributed by atoms with Gasteiger partial charge in [-0.15, -0.1) is 11.3 Å². The molecule has 5 heteroatoms. The lowest BCUT2D eigenvalue weighted by atomic mass is 10.2. The third-order valence-corrected chi connectivity index (χ3v) is 4.43. The Morgan fingerprint density at radius 3 is 2.90 bits per heavy atom. The maximum Gasteiger partial charge on any atom is 0.123 e. The molecule has 21 heavy (non-hydrogen) atoms. The second-order valence-electron chi connectivity index (χ2n) is 5.26. The number of aromatic nitrogens is 1. The van der Waals surface area contributed by atoms with Gasteiger partial charge >= 0.3 is 0 Å². The largest absolute Gasteiger partial charge is 0.376 e. The van der Waals surface area contributed by atoms with E-state index in [2.05, 4.69) is 29.1 Å². The molecule has 0 radical (unpaired) electrons. The summed E-state index contributed by atoms with van der Waals surface area (Å²) < 4.78 is 11.1. The van der Waals surface area contributed by atoms with Crippen LogP contribution in [-0.4, -0.2) is 49.4 Å². The highest BCUT2D eigenvalue weighted by atomic mass is 32.1. The van der Waals surface area contributed by atoms with Crippen LogP contribution in [0.2, 0.25) is 0 Å². The molecule has 0 spiro atoms. The van der Waals surface area contributed by atoms with Gasteiger partial charge in [0.05, 0.1) is 25.9 Å².